The van der Waals surface area contributed by atoms with Gasteiger partial charge in [0.15, 0.2) is 5.16 Å². The maximum Gasteiger partial charge on any atom is 0.251 e. The molecule has 0 atom stereocenters. The lowest BCUT2D eigenvalue weighted by molar-refractivity contribution is 0.619. The van der Waals surface area contributed by atoms with E-state index in [1.54, 1.807) is 6.07 Å². The predicted molar refractivity (Wildman–Crippen MR) is 72.8 cm³/mol. The first-order valence-corrected chi connectivity index (χ1v) is 6.73. The van der Waals surface area contributed by atoms with Crippen LogP contribution in [0.15, 0.2) is 45.3 Å². The molecule has 0 fully saturated rings. The molecule has 2 aromatic rings. The standard InChI is InChI=1S/C13H14FN3OS/c1-2-15-8-9-7-10(14)3-4-11(9)19-13-16-6-5-12(18)17-13/h3-7,15H,2,8H2,1H3,(H,16,17,18). The van der Waals surface area contributed by atoms with E-state index in [-0.39, 0.29) is 11.4 Å². The van der Waals surface area contributed by atoms with Gasteiger partial charge in [0, 0.05) is 23.7 Å². The van der Waals surface area contributed by atoms with Crippen molar-refractivity contribution in [3.63, 3.8) is 0 Å². The van der Waals surface area contributed by atoms with Gasteiger partial charge in [-0.05, 0) is 30.3 Å². The average Bonchev–Trinajstić information content (AvgIpc) is 2.39. The zero-order valence-corrected chi connectivity index (χ0v) is 11.3. The van der Waals surface area contributed by atoms with E-state index in [1.165, 1.54) is 36.2 Å². The highest BCUT2D eigenvalue weighted by molar-refractivity contribution is 7.99. The molecule has 0 unspecified atom stereocenters. The minimum absolute atomic E-state index is 0.201. The summed E-state index contributed by atoms with van der Waals surface area (Å²) in [7, 11) is 0. The van der Waals surface area contributed by atoms with Gasteiger partial charge in [-0.15, -0.1) is 0 Å². The molecule has 0 aliphatic rings. The van der Waals surface area contributed by atoms with Gasteiger partial charge in [0.2, 0.25) is 0 Å². The van der Waals surface area contributed by atoms with Crippen molar-refractivity contribution in [2.75, 3.05) is 6.54 Å². The summed E-state index contributed by atoms with van der Waals surface area (Å²) in [4.78, 5) is 18.8. The van der Waals surface area contributed by atoms with E-state index in [4.69, 9.17) is 0 Å². The fraction of sp³-hybridized carbons (Fsp3) is 0.231. The summed E-state index contributed by atoms with van der Waals surface area (Å²) >= 11 is 1.31. The van der Waals surface area contributed by atoms with E-state index in [1.807, 2.05) is 6.92 Å². The molecule has 1 aromatic carbocycles. The summed E-state index contributed by atoms with van der Waals surface area (Å²) in [5.74, 6) is -0.272. The number of halogens is 1. The monoisotopic (exact) mass is 279 g/mol. The first-order chi connectivity index (χ1) is 9.19. The Bertz CT molecular complexity index is 615. The molecule has 19 heavy (non-hydrogen) atoms. The summed E-state index contributed by atoms with van der Waals surface area (Å²) in [6, 6.07) is 5.94. The average molecular weight is 279 g/mol. The third-order valence-electron chi connectivity index (χ3n) is 2.44. The summed E-state index contributed by atoms with van der Waals surface area (Å²) < 4.78 is 13.3. The molecule has 0 bridgehead atoms. The molecule has 100 valence electrons. The molecule has 0 spiro atoms. The van der Waals surface area contributed by atoms with Gasteiger partial charge in [-0.1, -0.05) is 18.7 Å². The van der Waals surface area contributed by atoms with Crippen LogP contribution < -0.4 is 10.9 Å². The third-order valence-corrected chi connectivity index (χ3v) is 3.46. The molecule has 1 aromatic heterocycles. The molecule has 0 saturated carbocycles. The van der Waals surface area contributed by atoms with Gasteiger partial charge in [0.1, 0.15) is 5.82 Å². The zero-order chi connectivity index (χ0) is 13.7. The van der Waals surface area contributed by atoms with E-state index in [2.05, 4.69) is 15.3 Å². The van der Waals surface area contributed by atoms with Gasteiger partial charge in [-0.2, -0.15) is 0 Å². The molecule has 0 saturated heterocycles. The summed E-state index contributed by atoms with van der Waals surface area (Å²) in [5.41, 5.74) is 0.645. The predicted octanol–water partition coefficient (Wildman–Crippen LogP) is 2.17. The Morgan fingerprint density at radius 3 is 3.00 bits per heavy atom. The lowest BCUT2D eigenvalue weighted by atomic mass is 10.2. The van der Waals surface area contributed by atoms with E-state index in [0.717, 1.165) is 17.0 Å². The van der Waals surface area contributed by atoms with Crippen LogP contribution in [0.5, 0.6) is 0 Å². The Morgan fingerprint density at radius 1 is 1.42 bits per heavy atom. The number of H-pyrrole nitrogens is 1. The molecular formula is C13H14FN3OS. The van der Waals surface area contributed by atoms with Gasteiger partial charge in [0.05, 0.1) is 0 Å². The molecule has 6 heteroatoms. The van der Waals surface area contributed by atoms with E-state index < -0.39 is 0 Å². The van der Waals surface area contributed by atoms with E-state index in [0.29, 0.717) is 11.7 Å². The number of rotatable bonds is 5. The summed E-state index contributed by atoms with van der Waals surface area (Å²) in [6.45, 7) is 3.37. The summed E-state index contributed by atoms with van der Waals surface area (Å²) in [6.07, 6.45) is 1.45. The SMILES string of the molecule is CCNCc1cc(F)ccc1Sc1nccc(=O)[nH]1. The second-order valence-corrected chi connectivity index (χ2v) is 4.90. The quantitative estimate of drug-likeness (QED) is 0.824. The minimum atomic E-state index is -0.272. The highest BCUT2D eigenvalue weighted by Crippen LogP contribution is 2.27. The largest absolute Gasteiger partial charge is 0.313 e. The Hall–Kier alpha value is -1.66. The van der Waals surface area contributed by atoms with Crippen LogP contribution >= 0.6 is 11.8 Å². The van der Waals surface area contributed by atoms with Crippen LogP contribution in [0.1, 0.15) is 12.5 Å². The number of aromatic amines is 1. The lowest BCUT2D eigenvalue weighted by Crippen LogP contribution is -2.12. The van der Waals surface area contributed by atoms with Crippen molar-refractivity contribution in [1.29, 1.82) is 0 Å². The van der Waals surface area contributed by atoms with Crippen LogP contribution in [0.25, 0.3) is 0 Å². The van der Waals surface area contributed by atoms with Crippen molar-refractivity contribution in [1.82, 2.24) is 15.3 Å². The van der Waals surface area contributed by atoms with Crippen LogP contribution in [0.2, 0.25) is 0 Å². The smallest absolute Gasteiger partial charge is 0.251 e. The zero-order valence-electron chi connectivity index (χ0n) is 10.4. The number of hydrogen-bond donors (Lipinski definition) is 2. The van der Waals surface area contributed by atoms with Crippen LogP contribution in [0, 0.1) is 5.82 Å². The Morgan fingerprint density at radius 2 is 2.26 bits per heavy atom. The Kier molecular flexibility index (Phi) is 4.70. The first kappa shape index (κ1) is 13.8. The van der Waals surface area contributed by atoms with Crippen molar-refractivity contribution in [2.24, 2.45) is 0 Å². The second-order valence-electron chi connectivity index (χ2n) is 3.87. The topological polar surface area (TPSA) is 57.8 Å². The van der Waals surface area contributed by atoms with Crippen molar-refractivity contribution in [3.05, 3.63) is 52.2 Å². The van der Waals surface area contributed by atoms with Gasteiger partial charge in [0.25, 0.3) is 5.56 Å². The molecule has 1 heterocycles. The first-order valence-electron chi connectivity index (χ1n) is 5.91. The molecule has 2 N–H and O–H groups in total. The highest BCUT2D eigenvalue weighted by atomic mass is 32.2. The van der Waals surface area contributed by atoms with Crippen molar-refractivity contribution in [2.45, 2.75) is 23.5 Å². The van der Waals surface area contributed by atoms with Crippen molar-refractivity contribution < 1.29 is 4.39 Å². The number of aromatic nitrogens is 2. The molecule has 4 nitrogen and oxygen atoms in total. The van der Waals surface area contributed by atoms with Crippen molar-refractivity contribution in [3.8, 4) is 0 Å². The molecular weight excluding hydrogens is 265 g/mol. The minimum Gasteiger partial charge on any atom is -0.313 e. The van der Waals surface area contributed by atoms with Crippen LogP contribution in [-0.2, 0) is 6.54 Å². The fourth-order valence-corrected chi connectivity index (χ4v) is 2.43. The molecule has 2 rings (SSSR count). The van der Waals surface area contributed by atoms with Gasteiger partial charge in [-0.3, -0.25) is 4.79 Å². The number of hydrogen-bond acceptors (Lipinski definition) is 4. The fourth-order valence-electron chi connectivity index (χ4n) is 1.55. The van der Waals surface area contributed by atoms with E-state index in [9.17, 15) is 9.18 Å². The van der Waals surface area contributed by atoms with Crippen LogP contribution in [0.4, 0.5) is 4.39 Å². The van der Waals surface area contributed by atoms with E-state index >= 15 is 0 Å². The molecule has 0 radical (unpaired) electrons. The van der Waals surface area contributed by atoms with Gasteiger partial charge < -0.3 is 10.3 Å². The highest BCUT2D eigenvalue weighted by Gasteiger charge is 2.07. The van der Waals surface area contributed by atoms with Gasteiger partial charge >= 0.3 is 0 Å². The van der Waals surface area contributed by atoms with Gasteiger partial charge in [-0.25, -0.2) is 9.37 Å². The molecule has 0 amide bonds. The molecule has 0 aliphatic heterocycles. The number of nitrogens with zero attached hydrogens (tertiary/aromatic N) is 1. The normalized spacial score (nSPS) is 10.6. The Labute approximate surface area is 114 Å². The number of nitrogens with one attached hydrogen (secondary N) is 2. The van der Waals surface area contributed by atoms with Crippen molar-refractivity contribution >= 4 is 11.8 Å². The summed E-state index contributed by atoms with van der Waals surface area (Å²) in [5, 5.41) is 3.65. The maximum absolute atomic E-state index is 13.3. The lowest BCUT2D eigenvalue weighted by Gasteiger charge is -2.09. The Balaban J connectivity index is 2.26. The second kappa shape index (κ2) is 6.49. The molecule has 0 aliphatic carbocycles. The maximum atomic E-state index is 13.3. The number of benzene rings is 1. The third kappa shape index (κ3) is 3.90. The van der Waals surface area contributed by atoms with Crippen LogP contribution in [0.3, 0.4) is 0 Å². The van der Waals surface area contributed by atoms with Crippen LogP contribution in [-0.4, -0.2) is 16.5 Å².